The van der Waals surface area contributed by atoms with Gasteiger partial charge in [0.1, 0.15) is 0 Å². The summed E-state index contributed by atoms with van der Waals surface area (Å²) in [6.45, 7) is 0.113. The molecule has 0 saturated carbocycles. The smallest absolute Gasteiger partial charge is 0.255 e. The molecule has 4 aromatic rings. The standard InChI is InChI=1S/C25H21N3O3S/c29-25(28-23-9-5-15-26-18-23)21-13-11-19(12-14-21)17-27-32(30,31)24-10-4-8-22(16-24)20-6-2-1-3-7-20/h1-16,18,27H,17H2,(H,28,29). The number of hydrogen-bond acceptors (Lipinski definition) is 4. The molecule has 2 N–H and O–H groups in total. The van der Waals surface area contributed by atoms with Crippen molar-refractivity contribution in [2.45, 2.75) is 11.4 Å². The first kappa shape index (κ1) is 21.4. The molecule has 0 aliphatic rings. The van der Waals surface area contributed by atoms with E-state index < -0.39 is 10.0 Å². The third-order valence-corrected chi connectivity index (χ3v) is 6.25. The van der Waals surface area contributed by atoms with Gasteiger partial charge in [-0.2, -0.15) is 0 Å². The Morgan fingerprint density at radius 2 is 1.56 bits per heavy atom. The molecular weight excluding hydrogens is 422 g/mol. The maximum atomic E-state index is 12.8. The topological polar surface area (TPSA) is 88.2 Å². The van der Waals surface area contributed by atoms with E-state index in [0.29, 0.717) is 11.3 Å². The van der Waals surface area contributed by atoms with Gasteiger partial charge in [-0.3, -0.25) is 9.78 Å². The van der Waals surface area contributed by atoms with Crippen LogP contribution in [0.3, 0.4) is 0 Å². The van der Waals surface area contributed by atoms with E-state index in [-0.39, 0.29) is 17.3 Å². The summed E-state index contributed by atoms with van der Waals surface area (Å²) in [5.41, 5.74) is 3.59. The van der Waals surface area contributed by atoms with Crippen molar-refractivity contribution < 1.29 is 13.2 Å². The second-order valence-corrected chi connectivity index (χ2v) is 8.88. The number of amides is 1. The number of nitrogens with zero attached hydrogens (tertiary/aromatic N) is 1. The molecule has 0 unspecified atom stereocenters. The first-order chi connectivity index (χ1) is 15.5. The number of nitrogens with one attached hydrogen (secondary N) is 2. The number of benzene rings is 3. The van der Waals surface area contributed by atoms with Gasteiger partial charge in [0.25, 0.3) is 5.91 Å². The van der Waals surface area contributed by atoms with Gasteiger partial charge in [0.15, 0.2) is 0 Å². The molecule has 0 aliphatic carbocycles. The van der Waals surface area contributed by atoms with Crippen LogP contribution >= 0.6 is 0 Å². The van der Waals surface area contributed by atoms with Gasteiger partial charge in [-0.15, -0.1) is 0 Å². The Kier molecular flexibility index (Phi) is 6.39. The maximum absolute atomic E-state index is 12.8. The first-order valence-electron chi connectivity index (χ1n) is 9.97. The van der Waals surface area contributed by atoms with Crippen LogP contribution in [0.15, 0.2) is 108 Å². The van der Waals surface area contributed by atoms with Gasteiger partial charge in [0.05, 0.1) is 16.8 Å². The summed E-state index contributed by atoms with van der Waals surface area (Å²) in [5, 5.41) is 2.76. The van der Waals surface area contributed by atoms with E-state index in [4.69, 9.17) is 0 Å². The first-order valence-corrected chi connectivity index (χ1v) is 11.4. The Hall–Kier alpha value is -3.81. The number of sulfonamides is 1. The number of rotatable bonds is 7. The lowest BCUT2D eigenvalue weighted by Gasteiger charge is -2.10. The van der Waals surface area contributed by atoms with Crippen molar-refractivity contribution in [3.8, 4) is 11.1 Å². The van der Waals surface area contributed by atoms with Gasteiger partial charge < -0.3 is 5.32 Å². The van der Waals surface area contributed by atoms with Crippen LogP contribution in [0.2, 0.25) is 0 Å². The summed E-state index contributed by atoms with van der Waals surface area (Å²) in [6, 6.07) is 26.7. The van der Waals surface area contributed by atoms with Gasteiger partial charge in [0.2, 0.25) is 10.0 Å². The summed E-state index contributed by atoms with van der Waals surface area (Å²) in [5.74, 6) is -0.261. The maximum Gasteiger partial charge on any atom is 0.255 e. The zero-order valence-corrected chi connectivity index (χ0v) is 17.9. The summed E-state index contributed by atoms with van der Waals surface area (Å²) >= 11 is 0. The molecule has 0 aliphatic heterocycles. The van der Waals surface area contributed by atoms with Crippen molar-refractivity contribution in [2.24, 2.45) is 0 Å². The minimum atomic E-state index is -3.69. The molecule has 4 rings (SSSR count). The number of aromatic nitrogens is 1. The van der Waals surface area contributed by atoms with Crippen LogP contribution in [0, 0.1) is 0 Å². The summed E-state index contributed by atoms with van der Waals surface area (Å²) in [6.07, 6.45) is 3.19. The fraction of sp³-hybridized carbons (Fsp3) is 0.0400. The summed E-state index contributed by atoms with van der Waals surface area (Å²) in [7, 11) is -3.69. The number of anilines is 1. The van der Waals surface area contributed by atoms with Crippen molar-refractivity contribution in [2.75, 3.05) is 5.32 Å². The highest BCUT2D eigenvalue weighted by atomic mass is 32.2. The predicted octanol–water partition coefficient (Wildman–Crippen LogP) is 4.48. The third-order valence-electron chi connectivity index (χ3n) is 4.85. The van der Waals surface area contributed by atoms with Gasteiger partial charge in [-0.1, -0.05) is 54.6 Å². The van der Waals surface area contributed by atoms with E-state index in [1.54, 1.807) is 67.0 Å². The van der Waals surface area contributed by atoms with Crippen molar-refractivity contribution >= 4 is 21.6 Å². The molecule has 6 nitrogen and oxygen atoms in total. The van der Waals surface area contributed by atoms with Crippen LogP contribution in [0.25, 0.3) is 11.1 Å². The van der Waals surface area contributed by atoms with Gasteiger partial charge in [-0.05, 0) is 53.1 Å². The lowest BCUT2D eigenvalue weighted by atomic mass is 10.1. The average Bonchev–Trinajstić information content (AvgIpc) is 2.84. The van der Waals surface area contributed by atoms with Crippen molar-refractivity contribution in [1.82, 2.24) is 9.71 Å². The Morgan fingerprint density at radius 1 is 0.812 bits per heavy atom. The lowest BCUT2D eigenvalue weighted by molar-refractivity contribution is 0.102. The molecule has 0 fully saturated rings. The fourth-order valence-corrected chi connectivity index (χ4v) is 4.21. The minimum absolute atomic E-state index is 0.113. The molecule has 1 amide bonds. The third kappa shape index (κ3) is 5.26. The van der Waals surface area contributed by atoms with Crippen LogP contribution in [-0.2, 0) is 16.6 Å². The second-order valence-electron chi connectivity index (χ2n) is 7.11. The number of hydrogen-bond donors (Lipinski definition) is 2. The lowest BCUT2D eigenvalue weighted by Crippen LogP contribution is -2.23. The quantitative estimate of drug-likeness (QED) is 0.441. The highest BCUT2D eigenvalue weighted by Gasteiger charge is 2.15. The molecule has 1 heterocycles. The van der Waals surface area contributed by atoms with E-state index in [2.05, 4.69) is 15.0 Å². The highest BCUT2D eigenvalue weighted by Crippen LogP contribution is 2.22. The Balaban J connectivity index is 1.41. The fourth-order valence-electron chi connectivity index (χ4n) is 3.15. The molecule has 32 heavy (non-hydrogen) atoms. The molecule has 160 valence electrons. The van der Waals surface area contributed by atoms with Crippen LogP contribution in [0.1, 0.15) is 15.9 Å². The van der Waals surface area contributed by atoms with Crippen LogP contribution in [0.5, 0.6) is 0 Å². The number of carbonyl (C=O) groups excluding carboxylic acids is 1. The molecule has 0 saturated heterocycles. The largest absolute Gasteiger partial charge is 0.321 e. The number of carbonyl (C=O) groups is 1. The highest BCUT2D eigenvalue weighted by molar-refractivity contribution is 7.89. The molecular formula is C25H21N3O3S. The Bertz CT molecular complexity index is 1310. The Morgan fingerprint density at radius 3 is 2.28 bits per heavy atom. The predicted molar refractivity (Wildman–Crippen MR) is 125 cm³/mol. The minimum Gasteiger partial charge on any atom is -0.321 e. The zero-order chi connectivity index (χ0) is 22.4. The SMILES string of the molecule is O=C(Nc1cccnc1)c1ccc(CNS(=O)(=O)c2cccc(-c3ccccc3)c2)cc1. The summed E-state index contributed by atoms with van der Waals surface area (Å²) in [4.78, 5) is 16.5. The van der Waals surface area contributed by atoms with E-state index in [0.717, 1.165) is 16.7 Å². The van der Waals surface area contributed by atoms with Gasteiger partial charge >= 0.3 is 0 Å². The van der Waals surface area contributed by atoms with Gasteiger partial charge in [-0.25, -0.2) is 13.1 Å². The second kappa shape index (κ2) is 9.55. The van der Waals surface area contributed by atoms with Crippen LogP contribution in [0.4, 0.5) is 5.69 Å². The monoisotopic (exact) mass is 443 g/mol. The van der Waals surface area contributed by atoms with Crippen LogP contribution in [-0.4, -0.2) is 19.3 Å². The average molecular weight is 444 g/mol. The normalized spacial score (nSPS) is 11.1. The van der Waals surface area contributed by atoms with Crippen molar-refractivity contribution in [3.05, 3.63) is 115 Å². The molecule has 1 aromatic heterocycles. The van der Waals surface area contributed by atoms with Gasteiger partial charge in [0, 0.05) is 18.3 Å². The zero-order valence-electron chi connectivity index (χ0n) is 17.1. The summed E-state index contributed by atoms with van der Waals surface area (Å²) < 4.78 is 28.2. The number of pyridine rings is 1. The molecule has 3 aromatic carbocycles. The van der Waals surface area contributed by atoms with E-state index in [1.165, 1.54) is 0 Å². The van der Waals surface area contributed by atoms with E-state index in [1.807, 2.05) is 36.4 Å². The van der Waals surface area contributed by atoms with Crippen molar-refractivity contribution in [3.63, 3.8) is 0 Å². The molecule has 0 spiro atoms. The molecule has 7 heteroatoms. The van der Waals surface area contributed by atoms with E-state index in [9.17, 15) is 13.2 Å². The van der Waals surface area contributed by atoms with E-state index >= 15 is 0 Å². The van der Waals surface area contributed by atoms with Crippen LogP contribution < -0.4 is 10.0 Å². The molecule has 0 atom stereocenters. The Labute approximate surface area is 187 Å². The molecule has 0 radical (unpaired) electrons. The molecule has 0 bridgehead atoms. The van der Waals surface area contributed by atoms with Crippen molar-refractivity contribution in [1.29, 1.82) is 0 Å².